The van der Waals surface area contributed by atoms with Gasteiger partial charge in [-0.2, -0.15) is 0 Å². The Morgan fingerprint density at radius 3 is 2.79 bits per heavy atom. The minimum absolute atomic E-state index is 0.248. The summed E-state index contributed by atoms with van der Waals surface area (Å²) >= 11 is 0. The Bertz CT molecular complexity index is 531. The molecule has 0 aromatic heterocycles. The summed E-state index contributed by atoms with van der Waals surface area (Å²) in [4.78, 5) is 16.1. The third-order valence-electron chi connectivity index (χ3n) is 5.54. The second-order valence-electron chi connectivity index (χ2n) is 7.74. The van der Waals surface area contributed by atoms with Gasteiger partial charge in [0.25, 0.3) is 0 Å². The second kappa shape index (κ2) is 8.13. The van der Waals surface area contributed by atoms with E-state index in [2.05, 4.69) is 40.5 Å². The number of amides is 1. The highest BCUT2D eigenvalue weighted by Crippen LogP contribution is 2.31. The molecule has 2 aliphatic rings. The number of hydrogen-bond acceptors (Lipinski definition) is 3. The lowest BCUT2D eigenvalue weighted by Gasteiger charge is -2.46. The van der Waals surface area contributed by atoms with Gasteiger partial charge in [-0.1, -0.05) is 30.3 Å². The van der Waals surface area contributed by atoms with Gasteiger partial charge in [0.05, 0.1) is 0 Å². The van der Waals surface area contributed by atoms with Crippen molar-refractivity contribution in [3.8, 4) is 0 Å². The number of carbonyl (C=O) groups is 1. The van der Waals surface area contributed by atoms with E-state index in [-0.39, 0.29) is 5.91 Å². The number of fused-ring (bicyclic) bond motifs is 2. The van der Waals surface area contributed by atoms with Crippen LogP contribution in [-0.2, 0) is 11.3 Å². The van der Waals surface area contributed by atoms with Crippen molar-refractivity contribution in [3.05, 3.63) is 35.9 Å². The van der Waals surface area contributed by atoms with Gasteiger partial charge in [0.1, 0.15) is 0 Å². The van der Waals surface area contributed by atoms with Crippen molar-refractivity contribution >= 4 is 5.91 Å². The summed E-state index contributed by atoms with van der Waals surface area (Å²) in [5.74, 6) is 1.76. The van der Waals surface area contributed by atoms with Crippen LogP contribution in [0.1, 0.15) is 31.2 Å². The molecule has 0 spiro atoms. The number of rotatable bonds is 6. The van der Waals surface area contributed by atoms with Crippen LogP contribution in [-0.4, -0.2) is 55.5 Å². The average molecular weight is 329 g/mol. The van der Waals surface area contributed by atoms with Crippen LogP contribution in [0, 0.1) is 11.8 Å². The maximum absolute atomic E-state index is 11.8. The lowest BCUT2D eigenvalue weighted by atomic mass is 9.79. The zero-order chi connectivity index (χ0) is 16.9. The maximum Gasteiger partial charge on any atom is 0.222 e. The van der Waals surface area contributed by atoms with E-state index in [0.717, 1.165) is 37.8 Å². The van der Waals surface area contributed by atoms with E-state index in [1.807, 2.05) is 14.1 Å². The summed E-state index contributed by atoms with van der Waals surface area (Å²) in [6.45, 7) is 4.60. The van der Waals surface area contributed by atoms with Crippen LogP contribution in [0.25, 0.3) is 0 Å². The van der Waals surface area contributed by atoms with Crippen molar-refractivity contribution in [2.45, 2.75) is 38.3 Å². The minimum Gasteiger partial charge on any atom is -0.349 e. The summed E-state index contributed by atoms with van der Waals surface area (Å²) < 4.78 is 0. The van der Waals surface area contributed by atoms with Gasteiger partial charge in [0.2, 0.25) is 5.91 Å². The molecule has 1 N–H and O–H groups in total. The topological polar surface area (TPSA) is 35.6 Å². The van der Waals surface area contributed by atoms with Gasteiger partial charge in [-0.3, -0.25) is 9.69 Å². The van der Waals surface area contributed by atoms with E-state index in [1.54, 1.807) is 4.90 Å². The molecule has 132 valence electrons. The predicted molar refractivity (Wildman–Crippen MR) is 97.7 cm³/mol. The molecule has 1 amide bonds. The Balaban J connectivity index is 1.50. The Morgan fingerprint density at radius 2 is 2.04 bits per heavy atom. The molecule has 2 aliphatic heterocycles. The van der Waals surface area contributed by atoms with E-state index in [0.29, 0.717) is 12.5 Å². The van der Waals surface area contributed by atoms with Crippen molar-refractivity contribution < 1.29 is 4.79 Å². The Kier molecular flexibility index (Phi) is 5.90. The van der Waals surface area contributed by atoms with Crippen LogP contribution in [0.2, 0.25) is 0 Å². The van der Waals surface area contributed by atoms with E-state index in [4.69, 9.17) is 0 Å². The van der Waals surface area contributed by atoms with Crippen LogP contribution in [0.15, 0.2) is 30.3 Å². The van der Waals surface area contributed by atoms with Gasteiger partial charge < -0.3 is 10.2 Å². The highest BCUT2D eigenvalue weighted by Gasteiger charge is 2.35. The zero-order valence-electron chi connectivity index (χ0n) is 15.1. The first-order chi connectivity index (χ1) is 11.6. The Morgan fingerprint density at radius 1 is 1.25 bits per heavy atom. The molecular weight excluding hydrogens is 298 g/mol. The van der Waals surface area contributed by atoms with E-state index < -0.39 is 0 Å². The average Bonchev–Trinajstić information content (AvgIpc) is 2.57. The first-order valence-electron chi connectivity index (χ1n) is 9.31. The number of carbonyl (C=O) groups excluding carboxylic acids is 1. The lowest BCUT2D eigenvalue weighted by molar-refractivity contribution is -0.128. The van der Waals surface area contributed by atoms with Gasteiger partial charge in [-0.15, -0.1) is 0 Å². The van der Waals surface area contributed by atoms with Crippen LogP contribution in [0.4, 0.5) is 0 Å². The monoisotopic (exact) mass is 329 g/mol. The number of nitrogens with one attached hydrogen (secondary N) is 1. The molecule has 4 heteroatoms. The third kappa shape index (κ3) is 4.58. The number of likely N-dealkylation sites (tertiary alicyclic amines) is 1. The molecule has 24 heavy (non-hydrogen) atoms. The standard InChI is InChI=1S/C20H31N3O/c1-22(2)20(24)10-6-9-19-18-11-17(12-21-19)14-23(15-18)13-16-7-4-3-5-8-16/h3-5,7-8,17-19,21H,6,9-15H2,1-2H3/t17?,18?,19-/m1/s1. The smallest absolute Gasteiger partial charge is 0.222 e. The van der Waals surface area contributed by atoms with Crippen molar-refractivity contribution in [2.75, 3.05) is 33.7 Å². The normalized spacial score (nSPS) is 27.0. The quantitative estimate of drug-likeness (QED) is 0.870. The Hall–Kier alpha value is -1.39. The van der Waals surface area contributed by atoms with Gasteiger partial charge in [0.15, 0.2) is 0 Å². The van der Waals surface area contributed by atoms with Gasteiger partial charge >= 0.3 is 0 Å². The predicted octanol–water partition coefficient (Wildman–Crippen LogP) is 2.35. The Labute approximate surface area is 146 Å². The van der Waals surface area contributed by atoms with Gasteiger partial charge in [-0.25, -0.2) is 0 Å². The van der Waals surface area contributed by atoms with Crippen molar-refractivity contribution in [1.82, 2.24) is 15.1 Å². The molecule has 3 atom stereocenters. The third-order valence-corrected chi connectivity index (χ3v) is 5.54. The molecule has 4 nitrogen and oxygen atoms in total. The number of nitrogens with zero attached hydrogens (tertiary/aromatic N) is 2. The summed E-state index contributed by atoms with van der Waals surface area (Å²) in [6, 6.07) is 11.4. The molecule has 2 unspecified atom stereocenters. The minimum atomic E-state index is 0.248. The fraction of sp³-hybridized carbons (Fsp3) is 0.650. The molecule has 1 aromatic rings. The zero-order valence-corrected chi connectivity index (χ0v) is 15.1. The van der Waals surface area contributed by atoms with Crippen LogP contribution >= 0.6 is 0 Å². The van der Waals surface area contributed by atoms with Crippen LogP contribution < -0.4 is 5.32 Å². The van der Waals surface area contributed by atoms with E-state index >= 15 is 0 Å². The molecule has 2 saturated heterocycles. The van der Waals surface area contributed by atoms with E-state index in [9.17, 15) is 4.79 Å². The maximum atomic E-state index is 11.8. The van der Waals surface area contributed by atoms with Crippen LogP contribution in [0.3, 0.4) is 0 Å². The van der Waals surface area contributed by atoms with Crippen LogP contribution in [0.5, 0.6) is 0 Å². The fourth-order valence-corrected chi connectivity index (χ4v) is 4.28. The lowest BCUT2D eigenvalue weighted by Crippen LogP contribution is -2.55. The van der Waals surface area contributed by atoms with Gasteiger partial charge in [-0.05, 0) is 43.2 Å². The summed E-state index contributed by atoms with van der Waals surface area (Å²) in [7, 11) is 3.68. The van der Waals surface area contributed by atoms with E-state index in [1.165, 1.54) is 25.1 Å². The summed E-state index contributed by atoms with van der Waals surface area (Å²) in [5, 5.41) is 3.76. The summed E-state index contributed by atoms with van der Waals surface area (Å²) in [6.07, 6.45) is 4.14. The molecule has 0 radical (unpaired) electrons. The number of hydrogen-bond donors (Lipinski definition) is 1. The highest BCUT2D eigenvalue weighted by atomic mass is 16.2. The fourth-order valence-electron chi connectivity index (χ4n) is 4.28. The summed E-state index contributed by atoms with van der Waals surface area (Å²) in [5.41, 5.74) is 1.42. The number of piperidine rings is 2. The molecule has 2 bridgehead atoms. The largest absolute Gasteiger partial charge is 0.349 e. The molecule has 3 rings (SSSR count). The first kappa shape index (κ1) is 17.4. The molecule has 0 saturated carbocycles. The van der Waals surface area contributed by atoms with Crippen molar-refractivity contribution in [3.63, 3.8) is 0 Å². The molecule has 2 heterocycles. The molecule has 1 aromatic carbocycles. The number of benzene rings is 1. The van der Waals surface area contributed by atoms with Crippen molar-refractivity contribution in [2.24, 2.45) is 11.8 Å². The first-order valence-corrected chi connectivity index (χ1v) is 9.31. The molecular formula is C20H31N3O. The SMILES string of the molecule is CN(C)C(=O)CCC[C@H]1NCC2CC1CN(Cc1ccccc1)C2. The second-order valence-corrected chi connectivity index (χ2v) is 7.74. The highest BCUT2D eigenvalue weighted by molar-refractivity contribution is 5.75. The van der Waals surface area contributed by atoms with Crippen molar-refractivity contribution in [1.29, 1.82) is 0 Å². The van der Waals surface area contributed by atoms with Gasteiger partial charge in [0, 0.05) is 46.2 Å². The molecule has 2 fully saturated rings. The molecule has 0 aliphatic carbocycles.